The number of pyridine rings is 1. The van der Waals surface area contributed by atoms with Crippen LogP contribution in [0, 0.1) is 5.92 Å². The Bertz CT molecular complexity index is 1100. The van der Waals surface area contributed by atoms with Gasteiger partial charge in [-0.05, 0) is 49.4 Å². The predicted octanol–water partition coefficient (Wildman–Crippen LogP) is 4.79. The second kappa shape index (κ2) is 10.9. The number of aromatic nitrogens is 1. The molecule has 8 nitrogen and oxygen atoms in total. The minimum atomic E-state index is -0.825. The standard InChI is InChI=1S/C27H34N4O4/c1-27(2,16-25(32)33)19-4-3-5-21(14-19)31-24-15-22(8-11-29-24)35-23(17-30-20-6-7-20)26(28)18-9-12-34-13-10-18/h3-5,8,11,14-15,17-18,20H,6-7,9-10,12-13,16,28H2,1-2H3,(H,29,31)(H,32,33)/b26-23+,30-17?. The van der Waals surface area contributed by atoms with E-state index >= 15 is 0 Å². The highest BCUT2D eigenvalue weighted by atomic mass is 16.5. The summed E-state index contributed by atoms with van der Waals surface area (Å²) in [5.41, 5.74) is 8.50. The number of aliphatic carboxylic acids is 1. The molecule has 1 saturated carbocycles. The molecule has 0 bridgehead atoms. The average Bonchev–Trinajstić information content (AvgIpc) is 3.66. The first-order chi connectivity index (χ1) is 16.8. The maximum atomic E-state index is 11.3. The van der Waals surface area contributed by atoms with Crippen LogP contribution in [0.15, 0.2) is 59.0 Å². The van der Waals surface area contributed by atoms with E-state index in [9.17, 15) is 9.90 Å². The number of aliphatic imine (C=N–C) groups is 1. The first kappa shape index (κ1) is 24.7. The van der Waals surface area contributed by atoms with E-state index in [4.69, 9.17) is 15.2 Å². The van der Waals surface area contributed by atoms with Crippen molar-refractivity contribution >= 4 is 23.7 Å². The highest BCUT2D eigenvalue weighted by Gasteiger charge is 2.25. The van der Waals surface area contributed by atoms with Gasteiger partial charge >= 0.3 is 5.97 Å². The SMILES string of the molecule is CC(C)(CC(=O)O)c1cccc(Nc2cc(O/C(C=NC3CC3)=C(/N)C3CCOCC3)ccn2)c1. The number of nitrogens with two attached hydrogens (primary N) is 1. The smallest absolute Gasteiger partial charge is 0.304 e. The van der Waals surface area contributed by atoms with Crippen molar-refractivity contribution in [2.24, 2.45) is 16.6 Å². The Morgan fingerprint density at radius 1 is 1.26 bits per heavy atom. The van der Waals surface area contributed by atoms with Gasteiger partial charge in [0.05, 0.1) is 24.4 Å². The third kappa shape index (κ3) is 7.05. The number of carbonyl (C=O) groups is 1. The Labute approximate surface area is 206 Å². The lowest BCUT2D eigenvalue weighted by atomic mass is 9.81. The number of hydrogen-bond acceptors (Lipinski definition) is 7. The maximum absolute atomic E-state index is 11.3. The first-order valence-corrected chi connectivity index (χ1v) is 12.1. The van der Waals surface area contributed by atoms with Crippen molar-refractivity contribution in [2.75, 3.05) is 18.5 Å². The molecule has 1 aromatic heterocycles. The molecule has 0 radical (unpaired) electrons. The van der Waals surface area contributed by atoms with Crippen molar-refractivity contribution in [2.45, 2.75) is 57.4 Å². The van der Waals surface area contributed by atoms with Crippen LogP contribution in [-0.2, 0) is 14.9 Å². The van der Waals surface area contributed by atoms with Crippen LogP contribution in [-0.4, -0.2) is 41.5 Å². The van der Waals surface area contributed by atoms with Gasteiger partial charge in [0, 0.05) is 42.5 Å². The van der Waals surface area contributed by atoms with Gasteiger partial charge in [0.25, 0.3) is 0 Å². The molecule has 0 atom stereocenters. The summed E-state index contributed by atoms with van der Waals surface area (Å²) >= 11 is 0. The summed E-state index contributed by atoms with van der Waals surface area (Å²) in [6.45, 7) is 5.24. The summed E-state index contributed by atoms with van der Waals surface area (Å²) in [5, 5.41) is 12.5. The minimum absolute atomic E-state index is 0.0457. The molecule has 1 saturated heterocycles. The highest BCUT2D eigenvalue weighted by Crippen LogP contribution is 2.31. The topological polar surface area (TPSA) is 119 Å². The third-order valence-corrected chi connectivity index (χ3v) is 6.36. The normalized spacial score (nSPS) is 17.8. The van der Waals surface area contributed by atoms with E-state index in [0.717, 1.165) is 36.9 Å². The Morgan fingerprint density at radius 2 is 2.03 bits per heavy atom. The van der Waals surface area contributed by atoms with E-state index in [0.29, 0.717) is 42.3 Å². The summed E-state index contributed by atoms with van der Waals surface area (Å²) in [7, 11) is 0. The zero-order valence-corrected chi connectivity index (χ0v) is 20.4. The van der Waals surface area contributed by atoms with Gasteiger partial charge in [-0.1, -0.05) is 26.0 Å². The molecule has 0 unspecified atom stereocenters. The van der Waals surface area contributed by atoms with E-state index in [1.165, 1.54) is 0 Å². The van der Waals surface area contributed by atoms with Gasteiger partial charge in [-0.15, -0.1) is 0 Å². The first-order valence-electron chi connectivity index (χ1n) is 12.1. The predicted molar refractivity (Wildman–Crippen MR) is 136 cm³/mol. The molecule has 4 rings (SSSR count). The fraction of sp³-hybridized carbons (Fsp3) is 0.444. The second-order valence-corrected chi connectivity index (χ2v) is 9.85. The molecule has 2 aliphatic rings. The largest absolute Gasteiger partial charge is 0.481 e. The highest BCUT2D eigenvalue weighted by molar-refractivity contribution is 5.78. The lowest BCUT2D eigenvalue weighted by molar-refractivity contribution is -0.138. The van der Waals surface area contributed by atoms with Crippen molar-refractivity contribution in [3.8, 4) is 5.75 Å². The van der Waals surface area contributed by atoms with Gasteiger partial charge in [0.1, 0.15) is 11.6 Å². The molecule has 2 heterocycles. The van der Waals surface area contributed by atoms with E-state index in [-0.39, 0.29) is 12.3 Å². The number of carboxylic acids is 1. The quantitative estimate of drug-likeness (QED) is 0.332. The minimum Gasteiger partial charge on any atom is -0.481 e. The Balaban J connectivity index is 1.52. The fourth-order valence-corrected chi connectivity index (χ4v) is 4.08. The van der Waals surface area contributed by atoms with Crippen LogP contribution >= 0.6 is 0 Å². The van der Waals surface area contributed by atoms with Crippen LogP contribution in [0.25, 0.3) is 0 Å². The molecule has 186 valence electrons. The Morgan fingerprint density at radius 3 is 2.74 bits per heavy atom. The zero-order valence-electron chi connectivity index (χ0n) is 20.4. The third-order valence-electron chi connectivity index (χ3n) is 6.36. The van der Waals surface area contributed by atoms with Crippen LogP contribution in [0.3, 0.4) is 0 Å². The maximum Gasteiger partial charge on any atom is 0.304 e. The summed E-state index contributed by atoms with van der Waals surface area (Å²) in [6.07, 6.45) is 7.44. The van der Waals surface area contributed by atoms with E-state index in [2.05, 4.69) is 15.3 Å². The molecular weight excluding hydrogens is 444 g/mol. The number of nitrogens with one attached hydrogen (secondary N) is 1. The molecule has 1 aromatic carbocycles. The van der Waals surface area contributed by atoms with Gasteiger partial charge in [-0.2, -0.15) is 0 Å². The van der Waals surface area contributed by atoms with Crippen LogP contribution in [0.5, 0.6) is 5.75 Å². The Kier molecular flexibility index (Phi) is 7.70. The summed E-state index contributed by atoms with van der Waals surface area (Å²) < 4.78 is 11.7. The van der Waals surface area contributed by atoms with Crippen LogP contribution in [0.1, 0.15) is 51.5 Å². The molecule has 4 N–H and O–H groups in total. The van der Waals surface area contributed by atoms with Gasteiger partial charge in [-0.3, -0.25) is 9.79 Å². The number of anilines is 2. The zero-order chi connectivity index (χ0) is 24.8. The molecule has 0 amide bonds. The number of rotatable bonds is 10. The van der Waals surface area contributed by atoms with Crippen molar-refractivity contribution in [3.63, 3.8) is 0 Å². The van der Waals surface area contributed by atoms with E-state index in [1.54, 1.807) is 18.5 Å². The van der Waals surface area contributed by atoms with Crippen molar-refractivity contribution in [3.05, 3.63) is 59.6 Å². The van der Waals surface area contributed by atoms with E-state index < -0.39 is 11.4 Å². The Hall–Kier alpha value is -3.39. The molecule has 8 heteroatoms. The molecule has 35 heavy (non-hydrogen) atoms. The number of ether oxygens (including phenoxy) is 2. The van der Waals surface area contributed by atoms with Crippen LogP contribution < -0.4 is 15.8 Å². The monoisotopic (exact) mass is 478 g/mol. The van der Waals surface area contributed by atoms with E-state index in [1.807, 2.05) is 44.2 Å². The second-order valence-electron chi connectivity index (χ2n) is 9.85. The number of benzene rings is 1. The fourth-order valence-electron chi connectivity index (χ4n) is 4.08. The average molecular weight is 479 g/mol. The van der Waals surface area contributed by atoms with Gasteiger partial charge in [-0.25, -0.2) is 4.98 Å². The molecule has 1 aliphatic heterocycles. The van der Waals surface area contributed by atoms with Crippen molar-refractivity contribution < 1.29 is 19.4 Å². The van der Waals surface area contributed by atoms with Gasteiger partial charge < -0.3 is 25.6 Å². The number of allylic oxidation sites excluding steroid dienone is 2. The molecule has 1 aliphatic carbocycles. The lowest BCUT2D eigenvalue weighted by Crippen LogP contribution is -2.24. The van der Waals surface area contributed by atoms with Crippen molar-refractivity contribution in [1.29, 1.82) is 0 Å². The molecular formula is C27H34N4O4. The number of nitrogens with zero attached hydrogens (tertiary/aromatic N) is 2. The summed E-state index contributed by atoms with van der Waals surface area (Å²) in [5.74, 6) is 1.18. The summed E-state index contributed by atoms with van der Waals surface area (Å²) in [4.78, 5) is 20.3. The van der Waals surface area contributed by atoms with Gasteiger partial charge in [0.2, 0.25) is 0 Å². The molecule has 0 spiro atoms. The van der Waals surface area contributed by atoms with Crippen LogP contribution in [0.2, 0.25) is 0 Å². The summed E-state index contributed by atoms with van der Waals surface area (Å²) in [6, 6.07) is 11.7. The number of carboxylic acid groups (broad SMARTS) is 1. The van der Waals surface area contributed by atoms with Crippen LogP contribution in [0.4, 0.5) is 11.5 Å². The molecule has 2 aromatic rings. The number of hydrogen-bond donors (Lipinski definition) is 3. The molecule has 2 fully saturated rings. The lowest BCUT2D eigenvalue weighted by Gasteiger charge is -2.24. The van der Waals surface area contributed by atoms with Gasteiger partial charge in [0.15, 0.2) is 5.76 Å². The van der Waals surface area contributed by atoms with Crippen molar-refractivity contribution in [1.82, 2.24) is 4.98 Å².